The number of aliphatic imine (C=N–C) groups is 1. The lowest BCUT2D eigenvalue weighted by molar-refractivity contribution is -0.152. The normalized spacial score (nSPS) is 18.5. The van der Waals surface area contributed by atoms with Gasteiger partial charge in [0.2, 0.25) is 47.3 Å². The number of nitrogens with two attached hydrogens (primary N) is 4. The van der Waals surface area contributed by atoms with E-state index in [1.807, 2.05) is 0 Å². The van der Waals surface area contributed by atoms with Crippen molar-refractivity contribution in [1.82, 2.24) is 41.7 Å². The molecular weight excluding hydrogens is 855 g/mol. The molecule has 8 atom stereocenters. The second kappa shape index (κ2) is 27.3. The summed E-state index contributed by atoms with van der Waals surface area (Å²) >= 11 is 0. The maximum atomic E-state index is 14.0. The van der Waals surface area contributed by atoms with Crippen LogP contribution in [-0.4, -0.2) is 166 Å². The fraction of sp³-hybridized carbons (Fsp3) is 0.725. The van der Waals surface area contributed by atoms with E-state index in [4.69, 9.17) is 22.9 Å². The van der Waals surface area contributed by atoms with Gasteiger partial charge in [0.15, 0.2) is 5.96 Å². The topological polar surface area (TPSA) is 406 Å². The summed E-state index contributed by atoms with van der Waals surface area (Å²) in [4.78, 5) is 137. The second-order valence-electron chi connectivity index (χ2n) is 16.7. The number of carboxylic acids is 2. The van der Waals surface area contributed by atoms with E-state index in [1.165, 1.54) is 23.6 Å². The number of guanidine groups is 1. The van der Waals surface area contributed by atoms with E-state index in [0.29, 0.717) is 45.1 Å². The Morgan fingerprint density at radius 1 is 0.677 bits per heavy atom. The van der Waals surface area contributed by atoms with Gasteiger partial charge in [0.1, 0.15) is 42.3 Å². The molecule has 2 saturated heterocycles. The Kier molecular flexibility index (Phi) is 23.1. The molecule has 2 aliphatic heterocycles. The summed E-state index contributed by atoms with van der Waals surface area (Å²) in [7, 11) is 0. The first-order chi connectivity index (χ1) is 30.6. The van der Waals surface area contributed by atoms with Crippen LogP contribution in [0.5, 0.6) is 0 Å². The summed E-state index contributed by atoms with van der Waals surface area (Å²) in [5.41, 5.74) is 21.9. The smallest absolute Gasteiger partial charge is 0.326 e. The Morgan fingerprint density at radius 2 is 1.26 bits per heavy atom. The number of likely N-dealkylation sites (tertiary alicyclic amines) is 2. The first kappa shape index (κ1) is 55.0. The molecule has 0 saturated carbocycles. The Morgan fingerprint density at radius 3 is 1.85 bits per heavy atom. The first-order valence-corrected chi connectivity index (χ1v) is 21.9. The standard InChI is InChI=1S/C40H69N13O12/c1-21(2)18-26(51-36(61)27(19-31(55)56)48-30(54)20-46-34(59)24(49-32(57)22(3)42)11-7-15-45-40(43)44)35(60)47-23(4)33(58)50-25(10-5-6-14-41)37(62)52-16-8-12-28(52)38(63)53-17-9-13-29(53)39(64)65/h21-29H,5-20,41-42H2,1-4H3,(H,46,59)(H,47,60)(H,48,54)(H,49,57)(H,50,58)(H,51,61)(H,55,56)(H,64,65)(H4,43,44,45)/t22-,23-,24-,25-,26-,27-,28+,29-/m0/s1. The maximum absolute atomic E-state index is 14.0. The highest BCUT2D eigenvalue weighted by Crippen LogP contribution is 2.26. The van der Waals surface area contributed by atoms with Gasteiger partial charge in [-0.2, -0.15) is 0 Å². The van der Waals surface area contributed by atoms with Crippen LogP contribution in [0.15, 0.2) is 4.99 Å². The van der Waals surface area contributed by atoms with Gasteiger partial charge in [-0.15, -0.1) is 0 Å². The Labute approximate surface area is 377 Å². The summed E-state index contributed by atoms with van der Waals surface area (Å²) in [6.07, 6.45) is 2.14. The van der Waals surface area contributed by atoms with Crippen LogP contribution in [0.2, 0.25) is 0 Å². The molecule has 2 heterocycles. The Hall–Kier alpha value is -6.11. The lowest BCUT2D eigenvalue weighted by Crippen LogP contribution is -2.59. The maximum Gasteiger partial charge on any atom is 0.326 e. The molecule has 25 nitrogen and oxygen atoms in total. The summed E-state index contributed by atoms with van der Waals surface area (Å²) in [5, 5.41) is 33.9. The van der Waals surface area contributed by atoms with Crippen molar-refractivity contribution in [3.05, 3.63) is 0 Å². The van der Waals surface area contributed by atoms with E-state index in [9.17, 15) is 58.2 Å². The lowest BCUT2D eigenvalue weighted by Gasteiger charge is -2.32. The predicted molar refractivity (Wildman–Crippen MR) is 234 cm³/mol. The first-order valence-electron chi connectivity index (χ1n) is 21.9. The van der Waals surface area contributed by atoms with Gasteiger partial charge in [0.25, 0.3) is 0 Å². The monoisotopic (exact) mass is 924 g/mol. The number of carbonyl (C=O) groups is 10. The molecule has 2 aliphatic rings. The Bertz CT molecular complexity index is 1740. The molecule has 0 aliphatic carbocycles. The van der Waals surface area contributed by atoms with Crippen LogP contribution >= 0.6 is 0 Å². The zero-order valence-electron chi connectivity index (χ0n) is 37.6. The van der Waals surface area contributed by atoms with Crippen molar-refractivity contribution >= 4 is 65.2 Å². The second-order valence-corrected chi connectivity index (χ2v) is 16.7. The van der Waals surface area contributed by atoms with Crippen molar-refractivity contribution in [2.75, 3.05) is 32.7 Å². The molecule has 0 bridgehead atoms. The lowest BCUT2D eigenvalue weighted by atomic mass is 10.0. The van der Waals surface area contributed by atoms with Crippen molar-refractivity contribution < 1.29 is 58.2 Å². The molecule has 0 spiro atoms. The van der Waals surface area contributed by atoms with Crippen molar-refractivity contribution in [3.63, 3.8) is 0 Å². The van der Waals surface area contributed by atoms with Gasteiger partial charge < -0.3 is 74.8 Å². The summed E-state index contributed by atoms with van der Waals surface area (Å²) in [6.45, 7) is 6.40. The zero-order valence-corrected chi connectivity index (χ0v) is 37.6. The highest BCUT2D eigenvalue weighted by molar-refractivity contribution is 5.98. The number of carboxylic acid groups (broad SMARTS) is 2. The van der Waals surface area contributed by atoms with E-state index in [2.05, 4.69) is 36.9 Å². The van der Waals surface area contributed by atoms with Gasteiger partial charge >= 0.3 is 11.9 Å². The molecule has 0 unspecified atom stereocenters. The van der Waals surface area contributed by atoms with Gasteiger partial charge in [0, 0.05) is 19.6 Å². The minimum Gasteiger partial charge on any atom is -0.481 e. The number of carbonyl (C=O) groups excluding carboxylic acids is 8. The van der Waals surface area contributed by atoms with E-state index in [1.54, 1.807) is 13.8 Å². The van der Waals surface area contributed by atoms with Gasteiger partial charge in [-0.3, -0.25) is 48.1 Å². The molecular formula is C40H69N13O12. The molecule has 366 valence electrons. The quantitative estimate of drug-likeness (QED) is 0.0211. The van der Waals surface area contributed by atoms with E-state index < -0.39 is 120 Å². The van der Waals surface area contributed by atoms with Crippen LogP contribution in [0.3, 0.4) is 0 Å². The minimum atomic E-state index is -1.73. The molecule has 0 radical (unpaired) electrons. The Balaban J connectivity index is 2.15. The third-order valence-electron chi connectivity index (χ3n) is 10.7. The van der Waals surface area contributed by atoms with Crippen molar-refractivity contribution in [3.8, 4) is 0 Å². The van der Waals surface area contributed by atoms with Crippen LogP contribution in [0, 0.1) is 5.92 Å². The van der Waals surface area contributed by atoms with Crippen LogP contribution in [-0.2, 0) is 47.9 Å². The number of amides is 8. The molecule has 65 heavy (non-hydrogen) atoms. The van der Waals surface area contributed by atoms with Gasteiger partial charge in [-0.05, 0) is 90.5 Å². The number of rotatable bonds is 27. The van der Waals surface area contributed by atoms with Crippen molar-refractivity contribution in [1.29, 1.82) is 0 Å². The van der Waals surface area contributed by atoms with Crippen LogP contribution < -0.4 is 54.8 Å². The molecule has 8 amide bonds. The fourth-order valence-electron chi connectivity index (χ4n) is 7.36. The third kappa shape index (κ3) is 18.5. The SMILES string of the molecule is CC(C)C[C@H](NC(=O)[C@H](CC(=O)O)NC(=O)CNC(=O)[C@H](CCCN=C(N)N)NC(=O)[C@H](C)N)C(=O)N[C@@H](C)C(=O)N[C@@H](CCCCN)C(=O)N1CCC[C@@H]1C(=O)N1CCC[C@H]1C(=O)O. The summed E-state index contributed by atoms with van der Waals surface area (Å²) in [5.74, 6) is -9.10. The third-order valence-corrected chi connectivity index (χ3v) is 10.7. The van der Waals surface area contributed by atoms with Crippen molar-refractivity contribution in [2.24, 2.45) is 33.8 Å². The summed E-state index contributed by atoms with van der Waals surface area (Å²) in [6, 6.07) is -9.48. The van der Waals surface area contributed by atoms with Crippen LogP contribution in [0.4, 0.5) is 0 Å². The van der Waals surface area contributed by atoms with Crippen LogP contribution in [0.1, 0.15) is 98.3 Å². The number of nitrogens with one attached hydrogen (secondary N) is 6. The zero-order chi connectivity index (χ0) is 49.0. The van der Waals surface area contributed by atoms with Gasteiger partial charge in [-0.25, -0.2) is 4.79 Å². The van der Waals surface area contributed by atoms with Crippen LogP contribution in [0.25, 0.3) is 0 Å². The molecule has 25 heteroatoms. The van der Waals surface area contributed by atoms with E-state index in [0.717, 1.165) is 0 Å². The number of nitrogens with zero attached hydrogens (tertiary/aromatic N) is 3. The number of aliphatic carboxylic acids is 2. The van der Waals surface area contributed by atoms with Gasteiger partial charge in [-0.1, -0.05) is 13.8 Å². The van der Waals surface area contributed by atoms with Crippen molar-refractivity contribution in [2.45, 2.75) is 147 Å². The number of unbranched alkanes of at least 4 members (excludes halogenated alkanes) is 1. The highest BCUT2D eigenvalue weighted by atomic mass is 16.4. The number of hydrogen-bond acceptors (Lipinski definition) is 13. The van der Waals surface area contributed by atoms with E-state index >= 15 is 0 Å². The number of hydrogen-bond donors (Lipinski definition) is 12. The molecule has 2 rings (SSSR count). The molecule has 16 N–H and O–H groups in total. The highest BCUT2D eigenvalue weighted by Gasteiger charge is 2.44. The van der Waals surface area contributed by atoms with E-state index in [-0.39, 0.29) is 57.2 Å². The average Bonchev–Trinajstić information content (AvgIpc) is 3.93. The predicted octanol–water partition coefficient (Wildman–Crippen LogP) is -4.34. The van der Waals surface area contributed by atoms with Gasteiger partial charge in [0.05, 0.1) is 19.0 Å². The summed E-state index contributed by atoms with van der Waals surface area (Å²) < 4.78 is 0. The molecule has 0 aromatic heterocycles. The molecule has 2 fully saturated rings. The molecule has 0 aromatic rings. The largest absolute Gasteiger partial charge is 0.481 e. The minimum absolute atomic E-state index is 0.0117. The fourth-order valence-corrected chi connectivity index (χ4v) is 7.36. The average molecular weight is 924 g/mol. The molecule has 0 aromatic carbocycles.